The third-order valence-electron chi connectivity index (χ3n) is 3.67. The molecule has 0 aliphatic carbocycles. The van der Waals surface area contributed by atoms with Crippen molar-refractivity contribution in [2.75, 3.05) is 11.9 Å². The number of hydrogen-bond donors (Lipinski definition) is 1. The first kappa shape index (κ1) is 19.1. The van der Waals surface area contributed by atoms with Crippen molar-refractivity contribution in [3.05, 3.63) is 48.0 Å². The van der Waals surface area contributed by atoms with Gasteiger partial charge in [0.05, 0.1) is 16.9 Å². The molecule has 0 radical (unpaired) electrons. The molecule has 0 aliphatic rings. The van der Waals surface area contributed by atoms with Crippen LogP contribution in [0.25, 0.3) is 5.78 Å². The number of carbonyl (C=O) groups is 2. The summed E-state index contributed by atoms with van der Waals surface area (Å²) in [7, 11) is 0. The molecular weight excluding hydrogens is 376 g/mol. The molecule has 28 heavy (non-hydrogen) atoms. The highest BCUT2D eigenvalue weighted by Crippen LogP contribution is 2.25. The Bertz CT molecular complexity index is 1010. The van der Waals surface area contributed by atoms with Gasteiger partial charge in [-0.25, -0.2) is 14.3 Å². The van der Waals surface area contributed by atoms with Gasteiger partial charge < -0.3 is 14.8 Å². The number of para-hydroxylation sites is 2. The van der Waals surface area contributed by atoms with Gasteiger partial charge in [-0.1, -0.05) is 19.1 Å². The van der Waals surface area contributed by atoms with Crippen molar-refractivity contribution in [2.24, 2.45) is 0 Å². The molecule has 1 aromatic carbocycles. The Hall–Kier alpha value is -3.63. The summed E-state index contributed by atoms with van der Waals surface area (Å²) in [6, 6.07) is 5.68. The molecule has 2 aromatic heterocycles. The third-order valence-corrected chi connectivity index (χ3v) is 3.67. The van der Waals surface area contributed by atoms with Crippen LogP contribution >= 0.6 is 0 Å². The monoisotopic (exact) mass is 391 g/mol. The summed E-state index contributed by atoms with van der Waals surface area (Å²) in [6.45, 7) is -1.84. The van der Waals surface area contributed by atoms with Gasteiger partial charge in [-0.05, 0) is 18.6 Å². The van der Waals surface area contributed by atoms with Crippen LogP contribution in [0.4, 0.5) is 14.5 Å². The van der Waals surface area contributed by atoms with Gasteiger partial charge in [0, 0.05) is 6.20 Å². The first-order valence-corrected chi connectivity index (χ1v) is 8.18. The van der Waals surface area contributed by atoms with E-state index in [4.69, 9.17) is 4.74 Å². The minimum Gasteiger partial charge on any atom is -0.452 e. The fourth-order valence-electron chi connectivity index (χ4n) is 2.50. The maximum Gasteiger partial charge on any atom is 0.387 e. The second-order valence-corrected chi connectivity index (χ2v) is 5.44. The number of benzene rings is 1. The molecule has 146 valence electrons. The second-order valence-electron chi connectivity index (χ2n) is 5.44. The average Bonchev–Trinajstić information content (AvgIpc) is 3.15. The van der Waals surface area contributed by atoms with E-state index in [9.17, 15) is 18.4 Å². The number of amides is 1. The van der Waals surface area contributed by atoms with Crippen LogP contribution in [-0.4, -0.2) is 44.7 Å². The number of halogens is 2. The predicted molar refractivity (Wildman–Crippen MR) is 92.1 cm³/mol. The number of aryl methyl sites for hydroxylation is 1. The number of carbonyl (C=O) groups excluding carboxylic acids is 2. The van der Waals surface area contributed by atoms with E-state index in [1.165, 1.54) is 41.3 Å². The zero-order valence-electron chi connectivity index (χ0n) is 14.6. The molecule has 1 N–H and O–H groups in total. The maximum absolute atomic E-state index is 12.4. The molecule has 9 nitrogen and oxygen atoms in total. The van der Waals surface area contributed by atoms with Crippen molar-refractivity contribution >= 4 is 23.3 Å². The minimum absolute atomic E-state index is 0.0313. The Morgan fingerprint density at radius 3 is 2.79 bits per heavy atom. The largest absolute Gasteiger partial charge is 0.452 e. The third kappa shape index (κ3) is 4.19. The van der Waals surface area contributed by atoms with Crippen molar-refractivity contribution < 1.29 is 27.8 Å². The quantitative estimate of drug-likeness (QED) is 0.615. The van der Waals surface area contributed by atoms with Crippen LogP contribution in [0.1, 0.15) is 23.0 Å². The molecule has 0 atom stereocenters. The zero-order chi connectivity index (χ0) is 20.1. The Morgan fingerprint density at radius 2 is 2.04 bits per heavy atom. The van der Waals surface area contributed by atoms with E-state index in [0.717, 1.165) is 0 Å². The molecule has 3 aromatic rings. The lowest BCUT2D eigenvalue weighted by Gasteiger charge is -2.12. The Morgan fingerprint density at radius 1 is 1.25 bits per heavy atom. The van der Waals surface area contributed by atoms with E-state index < -0.39 is 25.1 Å². The van der Waals surface area contributed by atoms with Crippen molar-refractivity contribution in [3.8, 4) is 5.75 Å². The van der Waals surface area contributed by atoms with Gasteiger partial charge in [0.15, 0.2) is 6.61 Å². The number of rotatable bonds is 7. The number of ether oxygens (including phenoxy) is 2. The van der Waals surface area contributed by atoms with Crippen molar-refractivity contribution in [3.63, 3.8) is 0 Å². The Labute approximate surface area is 157 Å². The summed E-state index contributed by atoms with van der Waals surface area (Å²) in [5.41, 5.74) is 0.710. The molecule has 11 heteroatoms. The molecule has 0 bridgehead atoms. The first-order valence-electron chi connectivity index (χ1n) is 8.18. The number of nitrogens with zero attached hydrogens (tertiary/aromatic N) is 4. The Kier molecular flexibility index (Phi) is 5.72. The van der Waals surface area contributed by atoms with Crippen molar-refractivity contribution in [1.82, 2.24) is 19.6 Å². The van der Waals surface area contributed by atoms with Gasteiger partial charge in [0.1, 0.15) is 12.1 Å². The number of anilines is 1. The molecule has 1 amide bonds. The van der Waals surface area contributed by atoms with Crippen LogP contribution in [0.5, 0.6) is 5.75 Å². The standard InChI is InChI=1S/C17H15F2N5O4/c1-2-12-10(7-20-17-21-9-22-24(12)17)15(26)27-8-14(25)23-11-5-3-4-6-13(11)28-16(18)19/h3-7,9,16H,2,8H2,1H3,(H,23,25). The molecule has 0 aliphatic heterocycles. The van der Waals surface area contributed by atoms with Gasteiger partial charge >= 0.3 is 12.6 Å². The number of aromatic nitrogens is 4. The van der Waals surface area contributed by atoms with Gasteiger partial charge in [0.2, 0.25) is 0 Å². The molecule has 3 rings (SSSR count). The predicted octanol–water partition coefficient (Wildman–Crippen LogP) is 2.08. The van der Waals surface area contributed by atoms with Crippen LogP contribution in [0, 0.1) is 0 Å². The fraction of sp³-hybridized carbons (Fsp3) is 0.235. The highest BCUT2D eigenvalue weighted by Gasteiger charge is 2.19. The van der Waals surface area contributed by atoms with Crippen LogP contribution in [0.3, 0.4) is 0 Å². The van der Waals surface area contributed by atoms with Crippen LogP contribution in [0.2, 0.25) is 0 Å². The van der Waals surface area contributed by atoms with E-state index in [0.29, 0.717) is 17.9 Å². The SMILES string of the molecule is CCc1c(C(=O)OCC(=O)Nc2ccccc2OC(F)F)cnc2ncnn12. The zero-order valence-corrected chi connectivity index (χ0v) is 14.6. The molecule has 0 unspecified atom stereocenters. The molecule has 0 spiro atoms. The van der Waals surface area contributed by atoms with Gasteiger partial charge in [-0.15, -0.1) is 0 Å². The molecule has 2 heterocycles. The van der Waals surface area contributed by atoms with E-state index in [1.807, 2.05) is 6.92 Å². The topological polar surface area (TPSA) is 108 Å². The fourth-order valence-corrected chi connectivity index (χ4v) is 2.50. The number of nitrogens with one attached hydrogen (secondary N) is 1. The summed E-state index contributed by atoms with van der Waals surface area (Å²) in [4.78, 5) is 32.3. The van der Waals surface area contributed by atoms with E-state index in [1.54, 1.807) is 0 Å². The van der Waals surface area contributed by atoms with Gasteiger partial charge in [-0.2, -0.15) is 18.9 Å². The molecule has 0 fully saturated rings. The van der Waals surface area contributed by atoms with Gasteiger partial charge in [-0.3, -0.25) is 4.79 Å². The molecular formula is C17H15F2N5O4. The van der Waals surface area contributed by atoms with E-state index in [-0.39, 0.29) is 17.0 Å². The van der Waals surface area contributed by atoms with Crippen molar-refractivity contribution in [2.45, 2.75) is 20.0 Å². The van der Waals surface area contributed by atoms with Crippen molar-refractivity contribution in [1.29, 1.82) is 0 Å². The summed E-state index contributed by atoms with van der Waals surface area (Å²) in [6.07, 6.45) is 3.06. The maximum atomic E-state index is 12.4. The average molecular weight is 391 g/mol. The van der Waals surface area contributed by atoms with Crippen LogP contribution < -0.4 is 10.1 Å². The summed E-state index contributed by atoms with van der Waals surface area (Å²) >= 11 is 0. The lowest BCUT2D eigenvalue weighted by atomic mass is 10.2. The summed E-state index contributed by atoms with van der Waals surface area (Å²) in [5, 5.41) is 6.36. The number of esters is 1. The number of alkyl halides is 2. The summed E-state index contributed by atoms with van der Waals surface area (Å²) < 4.78 is 35.6. The van der Waals surface area contributed by atoms with Crippen LogP contribution in [-0.2, 0) is 16.0 Å². The van der Waals surface area contributed by atoms with E-state index in [2.05, 4.69) is 25.1 Å². The lowest BCUT2D eigenvalue weighted by Crippen LogP contribution is -2.22. The molecule has 0 saturated carbocycles. The highest BCUT2D eigenvalue weighted by molar-refractivity contribution is 5.96. The Balaban J connectivity index is 1.66. The normalized spacial score (nSPS) is 10.9. The second kappa shape index (κ2) is 8.37. The van der Waals surface area contributed by atoms with Crippen LogP contribution in [0.15, 0.2) is 36.8 Å². The molecule has 0 saturated heterocycles. The summed E-state index contributed by atoms with van der Waals surface area (Å²) in [5.74, 6) is -1.35. The lowest BCUT2D eigenvalue weighted by molar-refractivity contribution is -0.119. The van der Waals surface area contributed by atoms with E-state index >= 15 is 0 Å². The smallest absolute Gasteiger partial charge is 0.387 e. The number of hydrogen-bond acceptors (Lipinski definition) is 7. The first-order chi connectivity index (χ1) is 13.5. The van der Waals surface area contributed by atoms with Gasteiger partial charge in [0.25, 0.3) is 11.7 Å². The minimum atomic E-state index is -3.04. The highest BCUT2D eigenvalue weighted by atomic mass is 19.3. The number of fused-ring (bicyclic) bond motifs is 1.